The lowest BCUT2D eigenvalue weighted by atomic mass is 9.98. The van der Waals surface area contributed by atoms with Crippen molar-refractivity contribution < 1.29 is 29.0 Å². The Morgan fingerprint density at radius 3 is 2.26 bits per heavy atom. The Hall–Kier alpha value is -3.39. The third-order valence-corrected chi connectivity index (χ3v) is 6.24. The molecule has 0 saturated carbocycles. The maximum atomic E-state index is 12.8. The van der Waals surface area contributed by atoms with E-state index in [1.807, 2.05) is 31.2 Å². The van der Waals surface area contributed by atoms with Gasteiger partial charge in [-0.15, -0.1) is 0 Å². The van der Waals surface area contributed by atoms with Gasteiger partial charge in [-0.25, -0.2) is 4.79 Å². The molecule has 35 heavy (non-hydrogen) atoms. The van der Waals surface area contributed by atoms with Crippen molar-refractivity contribution >= 4 is 18.0 Å². The van der Waals surface area contributed by atoms with Crippen molar-refractivity contribution in [2.24, 2.45) is 0 Å². The molecule has 188 valence electrons. The molecule has 2 amide bonds. The van der Waals surface area contributed by atoms with E-state index < -0.39 is 24.6 Å². The van der Waals surface area contributed by atoms with E-state index in [0.29, 0.717) is 6.42 Å². The summed E-state index contributed by atoms with van der Waals surface area (Å²) in [6, 6.07) is 15.8. The number of nitrogens with one attached hydrogen (secondary N) is 1. The normalized spacial score (nSPS) is 13.0. The minimum atomic E-state index is -1.09. The van der Waals surface area contributed by atoms with Gasteiger partial charge in [-0.3, -0.25) is 9.59 Å². The van der Waals surface area contributed by atoms with E-state index in [-0.39, 0.29) is 38.0 Å². The molecule has 0 aliphatic heterocycles. The minimum Gasteiger partial charge on any atom is -0.480 e. The van der Waals surface area contributed by atoms with Gasteiger partial charge in [-0.05, 0) is 28.7 Å². The van der Waals surface area contributed by atoms with Crippen molar-refractivity contribution in [1.29, 1.82) is 0 Å². The van der Waals surface area contributed by atoms with Gasteiger partial charge in [0.2, 0.25) is 5.91 Å². The van der Waals surface area contributed by atoms with E-state index in [9.17, 15) is 14.4 Å². The molecule has 0 radical (unpaired) electrons. The van der Waals surface area contributed by atoms with Crippen LogP contribution in [0, 0.1) is 0 Å². The SMILES string of the molecule is CCCC[C@H](CC(=O)N(CCOC)CC(=O)O)NC(=O)OCC1c2ccccc2-c2ccccc21. The molecule has 0 fully saturated rings. The highest BCUT2D eigenvalue weighted by molar-refractivity contribution is 5.82. The van der Waals surface area contributed by atoms with Gasteiger partial charge in [0.05, 0.1) is 6.61 Å². The fourth-order valence-electron chi connectivity index (χ4n) is 4.48. The van der Waals surface area contributed by atoms with Crippen molar-refractivity contribution in [3.8, 4) is 11.1 Å². The van der Waals surface area contributed by atoms with E-state index >= 15 is 0 Å². The third kappa shape index (κ3) is 7.05. The Morgan fingerprint density at radius 1 is 1.06 bits per heavy atom. The lowest BCUT2D eigenvalue weighted by molar-refractivity contribution is -0.145. The number of hydrogen-bond donors (Lipinski definition) is 2. The van der Waals surface area contributed by atoms with Crippen molar-refractivity contribution in [3.05, 3.63) is 59.7 Å². The fraction of sp³-hybridized carbons (Fsp3) is 0.444. The molecule has 0 spiro atoms. The summed E-state index contributed by atoms with van der Waals surface area (Å²) in [4.78, 5) is 37.9. The van der Waals surface area contributed by atoms with Crippen LogP contribution in [0.1, 0.15) is 49.7 Å². The molecular formula is C27H34N2O6. The highest BCUT2D eigenvalue weighted by Crippen LogP contribution is 2.44. The van der Waals surface area contributed by atoms with Crippen molar-refractivity contribution in [2.75, 3.05) is 33.4 Å². The number of carboxylic acids is 1. The van der Waals surface area contributed by atoms with Crippen LogP contribution in [0.5, 0.6) is 0 Å². The van der Waals surface area contributed by atoms with Gasteiger partial charge < -0.3 is 24.8 Å². The smallest absolute Gasteiger partial charge is 0.407 e. The number of amides is 2. The van der Waals surface area contributed by atoms with Crippen molar-refractivity contribution in [2.45, 2.75) is 44.6 Å². The number of alkyl carbamates (subject to hydrolysis) is 1. The quantitative estimate of drug-likeness (QED) is 0.447. The number of aliphatic carboxylic acids is 1. The molecule has 2 N–H and O–H groups in total. The van der Waals surface area contributed by atoms with Crippen LogP contribution in [-0.4, -0.2) is 67.4 Å². The van der Waals surface area contributed by atoms with Crippen LogP contribution in [-0.2, 0) is 19.1 Å². The number of nitrogens with zero attached hydrogens (tertiary/aromatic N) is 1. The largest absolute Gasteiger partial charge is 0.480 e. The minimum absolute atomic E-state index is 0.00118. The summed E-state index contributed by atoms with van der Waals surface area (Å²) in [7, 11) is 1.49. The zero-order chi connectivity index (χ0) is 25.2. The zero-order valence-corrected chi connectivity index (χ0v) is 20.4. The van der Waals surface area contributed by atoms with Crippen LogP contribution in [0.4, 0.5) is 4.79 Å². The zero-order valence-electron chi connectivity index (χ0n) is 20.4. The average molecular weight is 483 g/mol. The summed E-state index contributed by atoms with van der Waals surface area (Å²) in [6.45, 7) is 2.22. The first-order valence-corrected chi connectivity index (χ1v) is 12.0. The van der Waals surface area contributed by atoms with Gasteiger partial charge in [0.1, 0.15) is 13.2 Å². The van der Waals surface area contributed by atoms with Gasteiger partial charge in [-0.1, -0.05) is 68.3 Å². The van der Waals surface area contributed by atoms with E-state index in [4.69, 9.17) is 14.6 Å². The van der Waals surface area contributed by atoms with Crippen LogP contribution in [0.3, 0.4) is 0 Å². The number of methoxy groups -OCH3 is 1. The lowest BCUT2D eigenvalue weighted by Crippen LogP contribution is -2.43. The summed E-state index contributed by atoms with van der Waals surface area (Å²) in [5, 5.41) is 12.0. The van der Waals surface area contributed by atoms with Crippen LogP contribution >= 0.6 is 0 Å². The molecule has 0 heterocycles. The third-order valence-electron chi connectivity index (χ3n) is 6.24. The predicted octanol–water partition coefficient (Wildman–Crippen LogP) is 4.03. The number of hydrogen-bond acceptors (Lipinski definition) is 5. The van der Waals surface area contributed by atoms with E-state index in [1.54, 1.807) is 0 Å². The number of fused-ring (bicyclic) bond motifs is 3. The number of carboxylic acid groups (broad SMARTS) is 1. The number of ether oxygens (including phenoxy) is 2. The summed E-state index contributed by atoms with van der Waals surface area (Å²) in [5.41, 5.74) is 4.56. The summed E-state index contributed by atoms with van der Waals surface area (Å²) < 4.78 is 10.6. The second-order valence-electron chi connectivity index (χ2n) is 8.71. The van der Waals surface area contributed by atoms with Crippen LogP contribution in [0.2, 0.25) is 0 Å². The van der Waals surface area contributed by atoms with E-state index in [1.165, 1.54) is 12.0 Å². The fourth-order valence-corrected chi connectivity index (χ4v) is 4.48. The molecule has 0 unspecified atom stereocenters. The molecule has 2 aromatic rings. The molecule has 0 aromatic heterocycles. The Kier molecular flexibility index (Phi) is 9.66. The van der Waals surface area contributed by atoms with E-state index in [2.05, 4.69) is 29.6 Å². The molecule has 1 aliphatic rings. The number of benzene rings is 2. The summed E-state index contributed by atoms with van der Waals surface area (Å²) >= 11 is 0. The van der Waals surface area contributed by atoms with Crippen LogP contribution in [0.25, 0.3) is 11.1 Å². The summed E-state index contributed by atoms with van der Waals surface area (Å²) in [6.07, 6.45) is 1.74. The van der Waals surface area contributed by atoms with Gasteiger partial charge >= 0.3 is 12.1 Å². The number of unbranched alkanes of at least 4 members (excludes halogenated alkanes) is 1. The second kappa shape index (κ2) is 12.9. The topological polar surface area (TPSA) is 105 Å². The van der Waals surface area contributed by atoms with E-state index in [0.717, 1.165) is 35.1 Å². The number of carbonyl (C=O) groups excluding carboxylic acids is 2. The Labute approximate surface area is 206 Å². The molecule has 8 nitrogen and oxygen atoms in total. The van der Waals surface area contributed by atoms with Crippen LogP contribution < -0.4 is 5.32 Å². The molecule has 3 rings (SSSR count). The number of carbonyl (C=O) groups is 3. The first-order valence-electron chi connectivity index (χ1n) is 12.0. The summed E-state index contributed by atoms with van der Waals surface area (Å²) in [5.74, 6) is -1.49. The standard InChI is InChI=1S/C27H34N2O6/c1-3-4-9-19(16-25(30)29(14-15-34-2)17-26(31)32)28-27(33)35-18-24-22-12-7-5-10-20(22)21-11-6-8-13-23(21)24/h5-8,10-13,19,24H,3-4,9,14-18H2,1-2H3,(H,28,33)(H,31,32)/t19-/m1/s1. The number of rotatable bonds is 13. The van der Waals surface area contributed by atoms with Gasteiger partial charge in [0.15, 0.2) is 0 Å². The van der Waals surface area contributed by atoms with Gasteiger partial charge in [-0.2, -0.15) is 0 Å². The first kappa shape index (κ1) is 26.2. The van der Waals surface area contributed by atoms with Gasteiger partial charge in [0, 0.05) is 32.0 Å². The Morgan fingerprint density at radius 2 is 1.69 bits per heavy atom. The maximum Gasteiger partial charge on any atom is 0.407 e. The first-order chi connectivity index (χ1) is 16.9. The highest BCUT2D eigenvalue weighted by atomic mass is 16.5. The molecule has 0 bridgehead atoms. The Balaban J connectivity index is 1.62. The average Bonchev–Trinajstić information content (AvgIpc) is 3.17. The maximum absolute atomic E-state index is 12.8. The van der Waals surface area contributed by atoms with Crippen molar-refractivity contribution in [3.63, 3.8) is 0 Å². The van der Waals surface area contributed by atoms with Crippen LogP contribution in [0.15, 0.2) is 48.5 Å². The molecule has 1 atom stereocenters. The molecule has 1 aliphatic carbocycles. The molecule has 8 heteroatoms. The monoisotopic (exact) mass is 482 g/mol. The Bertz CT molecular complexity index is 979. The second-order valence-corrected chi connectivity index (χ2v) is 8.71. The highest BCUT2D eigenvalue weighted by Gasteiger charge is 2.29. The molecule has 2 aromatic carbocycles. The van der Waals surface area contributed by atoms with Gasteiger partial charge in [0.25, 0.3) is 0 Å². The molecular weight excluding hydrogens is 448 g/mol. The predicted molar refractivity (Wildman–Crippen MR) is 132 cm³/mol. The lowest BCUT2D eigenvalue weighted by Gasteiger charge is -2.24. The van der Waals surface area contributed by atoms with Crippen molar-refractivity contribution in [1.82, 2.24) is 10.2 Å². The molecule has 0 saturated heterocycles.